The lowest BCUT2D eigenvalue weighted by Gasteiger charge is -2.23. The summed E-state index contributed by atoms with van der Waals surface area (Å²) < 4.78 is 0. The van der Waals surface area contributed by atoms with Crippen LogP contribution in [-0.2, 0) is 4.79 Å². The molecule has 2 fully saturated rings. The van der Waals surface area contributed by atoms with Gasteiger partial charge in [0, 0.05) is 36.2 Å². The van der Waals surface area contributed by atoms with Gasteiger partial charge in [-0.25, -0.2) is 4.98 Å². The number of benzene rings is 1. The number of hydrogen-bond acceptors (Lipinski definition) is 2. The Bertz CT molecular complexity index is 801. The highest BCUT2D eigenvalue weighted by molar-refractivity contribution is 5.80. The van der Waals surface area contributed by atoms with Crippen LogP contribution in [0.1, 0.15) is 60.7 Å². The molecule has 1 saturated heterocycles. The van der Waals surface area contributed by atoms with E-state index in [1.165, 1.54) is 36.8 Å². The van der Waals surface area contributed by atoms with Gasteiger partial charge in [-0.05, 0) is 50.8 Å². The number of amides is 1. The van der Waals surface area contributed by atoms with Crippen molar-refractivity contribution in [2.45, 2.75) is 64.8 Å². The normalized spacial score (nSPS) is 21.5. The summed E-state index contributed by atoms with van der Waals surface area (Å²) in [5, 5.41) is 0. The molecule has 1 amide bonds. The maximum Gasteiger partial charge on any atom is 0.223 e. The van der Waals surface area contributed by atoms with Crippen LogP contribution in [0.4, 0.5) is 0 Å². The number of aromatic amines is 1. The first-order chi connectivity index (χ1) is 12.0. The predicted octanol–water partition coefficient (Wildman–Crippen LogP) is 4.26. The van der Waals surface area contributed by atoms with Crippen LogP contribution in [-0.4, -0.2) is 33.4 Å². The third kappa shape index (κ3) is 2.99. The van der Waals surface area contributed by atoms with E-state index < -0.39 is 0 Å². The fourth-order valence-corrected chi connectivity index (χ4v) is 4.33. The van der Waals surface area contributed by atoms with Crippen molar-refractivity contribution in [3.63, 3.8) is 0 Å². The van der Waals surface area contributed by atoms with E-state index >= 15 is 0 Å². The summed E-state index contributed by atoms with van der Waals surface area (Å²) in [6.45, 7) is 7.16. The van der Waals surface area contributed by atoms with Gasteiger partial charge in [0.05, 0.1) is 5.69 Å². The molecule has 0 spiro atoms. The van der Waals surface area contributed by atoms with Crippen molar-refractivity contribution >= 4 is 5.91 Å². The van der Waals surface area contributed by atoms with Gasteiger partial charge in [0.1, 0.15) is 5.82 Å². The number of rotatable bonds is 3. The first kappa shape index (κ1) is 16.4. The lowest BCUT2D eigenvalue weighted by Crippen LogP contribution is -2.34. The molecule has 132 valence electrons. The smallest absolute Gasteiger partial charge is 0.223 e. The number of imidazole rings is 1. The van der Waals surface area contributed by atoms with Crippen LogP contribution in [0, 0.1) is 20.8 Å². The summed E-state index contributed by atoms with van der Waals surface area (Å²) in [7, 11) is 0. The van der Waals surface area contributed by atoms with Crippen LogP contribution in [0.2, 0.25) is 0 Å². The molecule has 4 nitrogen and oxygen atoms in total. The van der Waals surface area contributed by atoms with Gasteiger partial charge in [-0.1, -0.05) is 25.0 Å². The minimum Gasteiger partial charge on any atom is -0.345 e. The van der Waals surface area contributed by atoms with Gasteiger partial charge < -0.3 is 9.88 Å². The lowest BCUT2D eigenvalue weighted by molar-refractivity contribution is -0.129. The molecule has 25 heavy (non-hydrogen) atoms. The average molecular weight is 337 g/mol. The predicted molar refractivity (Wildman–Crippen MR) is 99.6 cm³/mol. The van der Waals surface area contributed by atoms with Crippen molar-refractivity contribution in [2.75, 3.05) is 6.54 Å². The minimum atomic E-state index is 0.201. The summed E-state index contributed by atoms with van der Waals surface area (Å²) in [5.41, 5.74) is 5.84. The van der Waals surface area contributed by atoms with Gasteiger partial charge in [-0.2, -0.15) is 0 Å². The summed E-state index contributed by atoms with van der Waals surface area (Å²) in [5.74, 6) is 1.48. The highest BCUT2D eigenvalue weighted by atomic mass is 16.2. The molecule has 2 heterocycles. The second-order valence-electron chi connectivity index (χ2n) is 7.78. The van der Waals surface area contributed by atoms with Gasteiger partial charge in [0.15, 0.2) is 0 Å². The number of H-pyrrole nitrogens is 1. The first-order valence-electron chi connectivity index (χ1n) is 9.46. The van der Waals surface area contributed by atoms with Crippen molar-refractivity contribution in [1.82, 2.24) is 14.9 Å². The molecule has 1 atom stereocenters. The maximum atomic E-state index is 12.5. The number of nitrogens with one attached hydrogen (secondary N) is 1. The number of carbonyl (C=O) groups is 1. The Labute approximate surface area is 149 Å². The molecule has 0 unspecified atom stereocenters. The number of carbonyl (C=O) groups excluding carboxylic acids is 1. The van der Waals surface area contributed by atoms with Crippen molar-refractivity contribution in [3.8, 4) is 11.3 Å². The number of aromatic nitrogens is 2. The topological polar surface area (TPSA) is 49.0 Å². The maximum absolute atomic E-state index is 12.5. The fraction of sp³-hybridized carbons (Fsp3) is 0.524. The van der Waals surface area contributed by atoms with E-state index in [2.05, 4.69) is 48.9 Å². The molecule has 1 aromatic carbocycles. The molecule has 2 aliphatic rings. The first-order valence-corrected chi connectivity index (χ1v) is 9.46. The van der Waals surface area contributed by atoms with Crippen LogP contribution >= 0.6 is 0 Å². The second kappa shape index (κ2) is 6.32. The fourth-order valence-electron chi connectivity index (χ4n) is 4.33. The number of hydrogen-bond donors (Lipinski definition) is 1. The molecule has 4 rings (SSSR count). The molecular formula is C21H27N3O. The van der Waals surface area contributed by atoms with Gasteiger partial charge in [0.2, 0.25) is 5.91 Å². The third-order valence-electron chi connectivity index (χ3n) is 5.99. The Morgan fingerprint density at radius 2 is 1.88 bits per heavy atom. The summed E-state index contributed by atoms with van der Waals surface area (Å²) >= 11 is 0. The highest BCUT2D eigenvalue weighted by Crippen LogP contribution is 2.34. The summed E-state index contributed by atoms with van der Waals surface area (Å²) in [6, 6.07) is 6.96. The standard InChI is InChI=1S/C21H27N3O/c1-13-8-9-16(10-14(13)2)20-15(3)22-21(23-20)17-11-19(25)24(12-17)18-6-4-5-7-18/h8-10,17-18H,4-7,11-12H2,1-3H3,(H,22,23)/t17-/m0/s1. The summed E-state index contributed by atoms with van der Waals surface area (Å²) in [4.78, 5) is 22.9. The van der Waals surface area contributed by atoms with E-state index in [0.29, 0.717) is 18.4 Å². The van der Waals surface area contributed by atoms with Crippen LogP contribution in [0.3, 0.4) is 0 Å². The Morgan fingerprint density at radius 3 is 2.60 bits per heavy atom. The molecule has 1 aliphatic carbocycles. The molecule has 0 bridgehead atoms. The summed E-state index contributed by atoms with van der Waals surface area (Å²) in [6.07, 6.45) is 5.45. The second-order valence-corrected chi connectivity index (χ2v) is 7.78. The van der Waals surface area contributed by atoms with E-state index in [4.69, 9.17) is 4.98 Å². The van der Waals surface area contributed by atoms with Gasteiger partial charge in [-0.3, -0.25) is 4.79 Å². The highest BCUT2D eigenvalue weighted by Gasteiger charge is 2.37. The van der Waals surface area contributed by atoms with E-state index in [0.717, 1.165) is 29.3 Å². The van der Waals surface area contributed by atoms with E-state index in [9.17, 15) is 4.79 Å². The number of likely N-dealkylation sites (tertiary alicyclic amines) is 1. The van der Waals surface area contributed by atoms with E-state index in [1.807, 2.05) is 0 Å². The average Bonchev–Trinajstić information content (AvgIpc) is 3.29. The van der Waals surface area contributed by atoms with E-state index in [-0.39, 0.29) is 5.92 Å². The number of nitrogens with zero attached hydrogens (tertiary/aromatic N) is 2. The molecule has 1 N–H and O–H groups in total. The SMILES string of the molecule is Cc1ccc(-c2nc([C@H]3CC(=O)N(C4CCCC4)C3)[nH]c2C)cc1C. The Balaban J connectivity index is 1.58. The zero-order chi connectivity index (χ0) is 17.6. The molecule has 1 saturated carbocycles. The van der Waals surface area contributed by atoms with Crippen molar-refractivity contribution in [2.24, 2.45) is 0 Å². The monoisotopic (exact) mass is 337 g/mol. The quantitative estimate of drug-likeness (QED) is 0.910. The van der Waals surface area contributed by atoms with Crippen LogP contribution in [0.25, 0.3) is 11.3 Å². The Kier molecular flexibility index (Phi) is 4.14. The van der Waals surface area contributed by atoms with Crippen molar-refractivity contribution in [1.29, 1.82) is 0 Å². The molecule has 1 aromatic heterocycles. The number of aryl methyl sites for hydroxylation is 3. The zero-order valence-electron chi connectivity index (χ0n) is 15.4. The zero-order valence-corrected chi connectivity index (χ0v) is 15.4. The van der Waals surface area contributed by atoms with Crippen molar-refractivity contribution in [3.05, 3.63) is 40.8 Å². The van der Waals surface area contributed by atoms with Crippen molar-refractivity contribution < 1.29 is 4.79 Å². The molecular weight excluding hydrogens is 310 g/mol. The van der Waals surface area contributed by atoms with Gasteiger partial charge in [-0.15, -0.1) is 0 Å². The molecule has 0 radical (unpaired) electrons. The van der Waals surface area contributed by atoms with Crippen LogP contribution in [0.15, 0.2) is 18.2 Å². The molecule has 1 aliphatic heterocycles. The largest absolute Gasteiger partial charge is 0.345 e. The van der Waals surface area contributed by atoms with Gasteiger partial charge >= 0.3 is 0 Å². The third-order valence-corrected chi connectivity index (χ3v) is 5.99. The molecule has 2 aromatic rings. The minimum absolute atomic E-state index is 0.201. The van der Waals surface area contributed by atoms with Crippen LogP contribution < -0.4 is 0 Å². The van der Waals surface area contributed by atoms with E-state index in [1.54, 1.807) is 0 Å². The van der Waals surface area contributed by atoms with Gasteiger partial charge in [0.25, 0.3) is 0 Å². The lowest BCUT2D eigenvalue weighted by atomic mass is 10.0. The van der Waals surface area contributed by atoms with Crippen LogP contribution in [0.5, 0.6) is 0 Å². The Morgan fingerprint density at radius 1 is 1.12 bits per heavy atom. The molecule has 4 heteroatoms. The Hall–Kier alpha value is -2.10.